The Morgan fingerprint density at radius 3 is 2.55 bits per heavy atom. The fourth-order valence-corrected chi connectivity index (χ4v) is 2.48. The number of aryl methyl sites for hydroxylation is 2. The van der Waals surface area contributed by atoms with Crippen molar-refractivity contribution in [2.24, 2.45) is 0 Å². The molecule has 0 saturated carbocycles. The number of nitrogens with zero attached hydrogens (tertiary/aromatic N) is 1. The predicted molar refractivity (Wildman–Crippen MR) is 82.1 cm³/mol. The monoisotopic (exact) mass is 263 g/mol. The molecule has 1 aromatic heterocycles. The van der Waals surface area contributed by atoms with E-state index in [4.69, 9.17) is 0 Å². The molecule has 0 bridgehead atoms. The van der Waals surface area contributed by atoms with E-state index >= 15 is 0 Å². The standard InChI is InChI=1S/C18H17NO/c1-12-4-3-5-14(8-12)9-15-6-7-17-16(10-15)11-18(20)13(2)19-17/h3-8,10-11,20H,9H2,1-2H3. The molecule has 2 nitrogen and oxygen atoms in total. The molecular weight excluding hydrogens is 246 g/mol. The van der Waals surface area contributed by atoms with Crippen LogP contribution in [0.1, 0.15) is 22.4 Å². The van der Waals surface area contributed by atoms with Gasteiger partial charge in [0.25, 0.3) is 0 Å². The Labute approximate surface area is 118 Å². The van der Waals surface area contributed by atoms with Crippen molar-refractivity contribution in [3.63, 3.8) is 0 Å². The maximum absolute atomic E-state index is 9.77. The summed E-state index contributed by atoms with van der Waals surface area (Å²) in [5.41, 5.74) is 5.40. The molecule has 3 rings (SSSR count). The predicted octanol–water partition coefficient (Wildman–Crippen LogP) is 4.15. The third kappa shape index (κ3) is 2.50. The minimum absolute atomic E-state index is 0.255. The fourth-order valence-electron chi connectivity index (χ4n) is 2.48. The van der Waals surface area contributed by atoms with Crippen molar-refractivity contribution in [2.75, 3.05) is 0 Å². The minimum atomic E-state index is 0.255. The average molecular weight is 263 g/mol. The van der Waals surface area contributed by atoms with Gasteiger partial charge in [-0.2, -0.15) is 0 Å². The van der Waals surface area contributed by atoms with Crippen molar-refractivity contribution in [3.05, 3.63) is 70.9 Å². The van der Waals surface area contributed by atoms with E-state index < -0.39 is 0 Å². The van der Waals surface area contributed by atoms with Crippen LogP contribution < -0.4 is 0 Å². The number of aromatic hydroxyl groups is 1. The molecule has 0 amide bonds. The number of fused-ring (bicyclic) bond motifs is 1. The van der Waals surface area contributed by atoms with Crippen molar-refractivity contribution in [1.29, 1.82) is 0 Å². The molecule has 0 spiro atoms. The zero-order valence-corrected chi connectivity index (χ0v) is 11.7. The van der Waals surface area contributed by atoms with Gasteiger partial charge in [-0.1, -0.05) is 35.9 Å². The third-order valence-corrected chi connectivity index (χ3v) is 3.53. The number of aromatic nitrogens is 1. The quantitative estimate of drug-likeness (QED) is 0.753. The van der Waals surface area contributed by atoms with Gasteiger partial charge in [-0.3, -0.25) is 0 Å². The first-order valence-corrected chi connectivity index (χ1v) is 6.76. The van der Waals surface area contributed by atoms with Crippen LogP contribution in [-0.4, -0.2) is 10.1 Å². The number of benzene rings is 2. The summed E-state index contributed by atoms with van der Waals surface area (Å²) in [7, 11) is 0. The highest BCUT2D eigenvalue weighted by Crippen LogP contribution is 2.23. The second-order valence-corrected chi connectivity index (χ2v) is 5.29. The third-order valence-electron chi connectivity index (χ3n) is 3.53. The molecule has 0 aliphatic rings. The fraction of sp³-hybridized carbons (Fsp3) is 0.167. The second kappa shape index (κ2) is 4.97. The molecule has 2 aromatic carbocycles. The zero-order chi connectivity index (χ0) is 14.1. The molecule has 1 heterocycles. The van der Waals surface area contributed by atoms with E-state index in [1.807, 2.05) is 13.0 Å². The topological polar surface area (TPSA) is 33.1 Å². The van der Waals surface area contributed by atoms with Gasteiger partial charge < -0.3 is 5.11 Å². The highest BCUT2D eigenvalue weighted by molar-refractivity contribution is 5.81. The van der Waals surface area contributed by atoms with E-state index in [9.17, 15) is 5.11 Å². The Balaban J connectivity index is 1.98. The Morgan fingerprint density at radius 2 is 1.75 bits per heavy atom. The van der Waals surface area contributed by atoms with E-state index in [0.29, 0.717) is 5.69 Å². The summed E-state index contributed by atoms with van der Waals surface area (Å²) in [5, 5.41) is 10.8. The molecule has 0 saturated heterocycles. The van der Waals surface area contributed by atoms with Crippen LogP contribution in [0.15, 0.2) is 48.5 Å². The number of pyridine rings is 1. The van der Waals surface area contributed by atoms with Crippen LogP contribution >= 0.6 is 0 Å². The maximum atomic E-state index is 9.77. The van der Waals surface area contributed by atoms with Crippen molar-refractivity contribution in [3.8, 4) is 5.75 Å². The van der Waals surface area contributed by atoms with Crippen molar-refractivity contribution >= 4 is 10.9 Å². The van der Waals surface area contributed by atoms with Crippen molar-refractivity contribution in [1.82, 2.24) is 4.98 Å². The van der Waals surface area contributed by atoms with Gasteiger partial charge >= 0.3 is 0 Å². The molecule has 0 aliphatic carbocycles. The molecule has 1 N–H and O–H groups in total. The van der Waals surface area contributed by atoms with Gasteiger partial charge in [0.2, 0.25) is 0 Å². The van der Waals surface area contributed by atoms with Gasteiger partial charge in [-0.15, -0.1) is 0 Å². The largest absolute Gasteiger partial charge is 0.506 e. The lowest BCUT2D eigenvalue weighted by Crippen LogP contribution is -1.91. The highest BCUT2D eigenvalue weighted by Gasteiger charge is 2.03. The van der Waals surface area contributed by atoms with Crippen LogP contribution in [-0.2, 0) is 6.42 Å². The summed E-state index contributed by atoms with van der Waals surface area (Å²) in [6, 6.07) is 16.6. The highest BCUT2D eigenvalue weighted by atomic mass is 16.3. The lowest BCUT2D eigenvalue weighted by atomic mass is 10.0. The van der Waals surface area contributed by atoms with Gasteiger partial charge in [0.15, 0.2) is 0 Å². The molecule has 0 atom stereocenters. The van der Waals surface area contributed by atoms with E-state index in [-0.39, 0.29) is 5.75 Å². The molecule has 0 radical (unpaired) electrons. The molecular formula is C18H17NO. The molecule has 2 heteroatoms. The van der Waals surface area contributed by atoms with Gasteiger partial charge in [0, 0.05) is 5.39 Å². The Morgan fingerprint density at radius 1 is 0.950 bits per heavy atom. The lowest BCUT2D eigenvalue weighted by Gasteiger charge is -2.06. The summed E-state index contributed by atoms with van der Waals surface area (Å²) in [6.07, 6.45) is 0.895. The van der Waals surface area contributed by atoms with Crippen LogP contribution in [0.25, 0.3) is 10.9 Å². The van der Waals surface area contributed by atoms with Crippen molar-refractivity contribution in [2.45, 2.75) is 20.3 Å². The van der Waals surface area contributed by atoms with E-state index in [2.05, 4.69) is 48.3 Å². The zero-order valence-electron chi connectivity index (χ0n) is 11.7. The number of hydrogen-bond donors (Lipinski definition) is 1. The van der Waals surface area contributed by atoms with Crippen LogP contribution in [0.5, 0.6) is 5.75 Å². The summed E-state index contributed by atoms with van der Waals surface area (Å²) < 4.78 is 0. The van der Waals surface area contributed by atoms with Crippen LogP contribution in [0.3, 0.4) is 0 Å². The van der Waals surface area contributed by atoms with Gasteiger partial charge in [0.1, 0.15) is 5.75 Å². The Hall–Kier alpha value is -2.35. The summed E-state index contributed by atoms with van der Waals surface area (Å²) in [6.45, 7) is 3.92. The maximum Gasteiger partial charge on any atom is 0.137 e. The van der Waals surface area contributed by atoms with Gasteiger partial charge in [-0.25, -0.2) is 4.98 Å². The van der Waals surface area contributed by atoms with Crippen molar-refractivity contribution < 1.29 is 5.11 Å². The van der Waals surface area contributed by atoms with Crippen LogP contribution in [0.4, 0.5) is 0 Å². The van der Waals surface area contributed by atoms with E-state index in [0.717, 1.165) is 17.3 Å². The number of rotatable bonds is 2. The van der Waals surface area contributed by atoms with Gasteiger partial charge in [0.05, 0.1) is 11.2 Å². The molecule has 0 fully saturated rings. The first-order chi connectivity index (χ1) is 9.61. The molecule has 0 unspecified atom stereocenters. The Bertz CT molecular complexity index is 777. The molecule has 100 valence electrons. The molecule has 3 aromatic rings. The SMILES string of the molecule is Cc1cccc(Cc2ccc3nc(C)c(O)cc3c2)c1. The Kier molecular flexibility index (Phi) is 3.15. The summed E-state index contributed by atoms with van der Waals surface area (Å²) in [5.74, 6) is 0.255. The minimum Gasteiger partial charge on any atom is -0.506 e. The smallest absolute Gasteiger partial charge is 0.137 e. The first kappa shape index (κ1) is 12.7. The summed E-state index contributed by atoms with van der Waals surface area (Å²) >= 11 is 0. The van der Waals surface area contributed by atoms with Crippen LogP contribution in [0, 0.1) is 13.8 Å². The van der Waals surface area contributed by atoms with E-state index in [1.54, 1.807) is 6.07 Å². The second-order valence-electron chi connectivity index (χ2n) is 5.29. The lowest BCUT2D eigenvalue weighted by molar-refractivity contribution is 0.469. The normalized spacial score (nSPS) is 10.9. The van der Waals surface area contributed by atoms with Crippen LogP contribution in [0.2, 0.25) is 0 Å². The van der Waals surface area contributed by atoms with Gasteiger partial charge in [-0.05, 0) is 49.6 Å². The van der Waals surface area contributed by atoms with E-state index in [1.165, 1.54) is 16.7 Å². The first-order valence-electron chi connectivity index (χ1n) is 6.76. The number of hydrogen-bond acceptors (Lipinski definition) is 2. The summed E-state index contributed by atoms with van der Waals surface area (Å²) in [4.78, 5) is 4.39. The molecule has 20 heavy (non-hydrogen) atoms. The molecule has 0 aliphatic heterocycles. The average Bonchev–Trinajstić information content (AvgIpc) is 2.40.